The number of rotatable bonds is 4. The minimum absolute atomic E-state index is 0.687. The number of carboxylic acid groups (broad SMARTS) is 1. The second-order valence-corrected chi connectivity index (χ2v) is 7.76. The maximum atomic E-state index is 11.8. The van der Waals surface area contributed by atoms with E-state index < -0.39 is 81.8 Å². The SMILES string of the molecule is N[C@]1(S(=O)(=O)O)[C@@H](O)C[C@@H](CO)OC1(O)C1OC(C(=O)O)=C(O)[C@@H](O)[C@@H]1O. The van der Waals surface area contributed by atoms with Gasteiger partial charge in [-0.25, -0.2) is 4.79 Å². The highest BCUT2D eigenvalue weighted by atomic mass is 32.2. The molecule has 2 unspecified atom stereocenters. The highest BCUT2D eigenvalue weighted by Gasteiger charge is 2.72. The standard InChI is InChI=1S/C12H19NO13S/c13-11(27(22,23)24)4(15)1-3(2-14)26-12(11,21)9-7(18)5(16)6(17)8(25-9)10(19)20/h3-5,7,9,14-18,21H,1-2,13H2,(H,19,20)(H,22,23,24)/t3-,4-,5+,7-,9?,11-,12?/m0/s1. The molecule has 0 saturated carbocycles. The summed E-state index contributed by atoms with van der Waals surface area (Å²) in [5.41, 5.74) is 5.53. The molecule has 1 fully saturated rings. The topological polar surface area (TPSA) is 258 Å². The van der Waals surface area contributed by atoms with Crippen LogP contribution in [-0.2, 0) is 24.4 Å². The van der Waals surface area contributed by atoms with E-state index in [1.807, 2.05) is 0 Å². The molecule has 156 valence electrons. The monoisotopic (exact) mass is 417 g/mol. The molecule has 27 heavy (non-hydrogen) atoms. The van der Waals surface area contributed by atoms with E-state index >= 15 is 0 Å². The van der Waals surface area contributed by atoms with Gasteiger partial charge in [0.05, 0.1) is 18.8 Å². The van der Waals surface area contributed by atoms with Gasteiger partial charge in [0.25, 0.3) is 10.1 Å². The van der Waals surface area contributed by atoms with Crippen molar-refractivity contribution in [2.45, 2.75) is 47.6 Å². The fourth-order valence-electron chi connectivity index (χ4n) is 3.01. The van der Waals surface area contributed by atoms with Crippen LogP contribution in [0.1, 0.15) is 6.42 Å². The summed E-state index contributed by atoms with van der Waals surface area (Å²) in [6.07, 6.45) is -11.8. The zero-order chi connectivity index (χ0) is 20.9. The normalized spacial score (nSPS) is 43.3. The van der Waals surface area contributed by atoms with Crippen molar-refractivity contribution in [1.29, 1.82) is 0 Å². The van der Waals surface area contributed by atoms with Gasteiger partial charge in [0, 0.05) is 6.42 Å². The maximum Gasteiger partial charge on any atom is 0.374 e. The number of carboxylic acids is 1. The Bertz CT molecular complexity index is 752. The molecule has 14 nitrogen and oxygen atoms in total. The predicted octanol–water partition coefficient (Wildman–Crippen LogP) is -4.67. The van der Waals surface area contributed by atoms with Crippen molar-refractivity contribution in [1.82, 2.24) is 0 Å². The molecule has 7 atom stereocenters. The highest BCUT2D eigenvalue weighted by Crippen LogP contribution is 2.44. The number of nitrogens with two attached hydrogens (primary N) is 1. The number of ether oxygens (including phenoxy) is 2. The molecule has 0 aromatic rings. The van der Waals surface area contributed by atoms with Crippen molar-refractivity contribution in [2.75, 3.05) is 6.61 Å². The quantitative estimate of drug-likeness (QED) is 0.195. The van der Waals surface area contributed by atoms with E-state index in [1.54, 1.807) is 0 Å². The largest absolute Gasteiger partial charge is 0.506 e. The molecule has 0 aliphatic carbocycles. The van der Waals surface area contributed by atoms with Crippen LogP contribution in [0, 0.1) is 0 Å². The third-order valence-corrected chi connectivity index (χ3v) is 5.91. The zero-order valence-corrected chi connectivity index (χ0v) is 14.2. The number of hydrogen-bond donors (Lipinski definition) is 9. The minimum Gasteiger partial charge on any atom is -0.506 e. The van der Waals surface area contributed by atoms with Crippen LogP contribution < -0.4 is 5.73 Å². The lowest BCUT2D eigenvalue weighted by Crippen LogP contribution is -2.81. The number of aliphatic hydroxyl groups is 6. The summed E-state index contributed by atoms with van der Waals surface area (Å²) >= 11 is 0. The number of hydrogen-bond acceptors (Lipinski definition) is 12. The molecule has 10 N–H and O–H groups in total. The van der Waals surface area contributed by atoms with Gasteiger partial charge in [-0.3, -0.25) is 4.55 Å². The first kappa shape index (κ1) is 21.7. The van der Waals surface area contributed by atoms with Crippen molar-refractivity contribution < 1.29 is 63.0 Å². The van der Waals surface area contributed by atoms with Gasteiger partial charge >= 0.3 is 5.97 Å². The third-order valence-electron chi connectivity index (χ3n) is 4.49. The van der Waals surface area contributed by atoms with E-state index in [0.717, 1.165) is 0 Å². The molecular formula is C12H19NO13S. The van der Waals surface area contributed by atoms with Crippen LogP contribution in [0.4, 0.5) is 0 Å². The van der Waals surface area contributed by atoms with Gasteiger partial charge in [-0.1, -0.05) is 0 Å². The van der Waals surface area contributed by atoms with Crippen LogP contribution in [-0.4, -0.2) is 102 Å². The maximum absolute atomic E-state index is 11.8. The Hall–Kier alpha value is -1.56. The second kappa shape index (κ2) is 6.80. The molecule has 15 heteroatoms. The molecule has 0 aromatic heterocycles. The van der Waals surface area contributed by atoms with Crippen LogP contribution in [0.25, 0.3) is 0 Å². The first-order valence-electron chi connectivity index (χ1n) is 7.36. The lowest BCUT2D eigenvalue weighted by Gasteiger charge is -2.53. The fourth-order valence-corrected chi connectivity index (χ4v) is 3.98. The molecule has 2 aliphatic rings. The van der Waals surface area contributed by atoms with Gasteiger partial charge < -0.3 is 51.0 Å². The predicted molar refractivity (Wildman–Crippen MR) is 80.2 cm³/mol. The Labute approximate surface area is 151 Å². The van der Waals surface area contributed by atoms with Gasteiger partial charge in [-0.15, -0.1) is 0 Å². The van der Waals surface area contributed by atoms with Crippen molar-refractivity contribution in [2.24, 2.45) is 5.73 Å². The Morgan fingerprint density at radius 1 is 1.30 bits per heavy atom. The molecule has 2 rings (SSSR count). The summed E-state index contributed by atoms with van der Waals surface area (Å²) in [7, 11) is -5.58. The molecule has 1 saturated heterocycles. The Kier molecular flexibility index (Phi) is 5.47. The van der Waals surface area contributed by atoms with Gasteiger partial charge in [-0.05, 0) is 0 Å². The summed E-state index contributed by atoms with van der Waals surface area (Å²) in [5.74, 6) is -8.28. The summed E-state index contributed by atoms with van der Waals surface area (Å²) in [4.78, 5) is 7.65. The van der Waals surface area contributed by atoms with Crippen molar-refractivity contribution in [3.63, 3.8) is 0 Å². The minimum atomic E-state index is -5.58. The van der Waals surface area contributed by atoms with Gasteiger partial charge in [0.2, 0.25) is 16.4 Å². The van der Waals surface area contributed by atoms with Gasteiger partial charge in [-0.2, -0.15) is 8.42 Å². The zero-order valence-electron chi connectivity index (χ0n) is 13.4. The molecule has 0 amide bonds. The number of aliphatic hydroxyl groups excluding tert-OH is 5. The molecule has 0 spiro atoms. The Morgan fingerprint density at radius 2 is 1.85 bits per heavy atom. The second-order valence-electron chi connectivity index (χ2n) is 6.13. The van der Waals surface area contributed by atoms with Crippen LogP contribution >= 0.6 is 0 Å². The van der Waals surface area contributed by atoms with Gasteiger partial charge in [0.15, 0.2) is 11.9 Å². The van der Waals surface area contributed by atoms with Crippen LogP contribution in [0.5, 0.6) is 0 Å². The average Bonchev–Trinajstić information content (AvgIpc) is 2.55. The first-order chi connectivity index (χ1) is 12.2. The summed E-state index contributed by atoms with van der Waals surface area (Å²) in [6, 6.07) is 0. The molecule has 2 aliphatic heterocycles. The highest BCUT2D eigenvalue weighted by molar-refractivity contribution is 7.87. The first-order valence-corrected chi connectivity index (χ1v) is 8.80. The van der Waals surface area contributed by atoms with E-state index in [1.165, 1.54) is 0 Å². The molecular weight excluding hydrogens is 398 g/mol. The number of carbonyl (C=O) groups is 1. The van der Waals surface area contributed by atoms with Crippen molar-refractivity contribution in [3.05, 3.63) is 11.5 Å². The summed E-state index contributed by atoms with van der Waals surface area (Å²) < 4.78 is 42.8. The van der Waals surface area contributed by atoms with E-state index in [4.69, 9.17) is 20.3 Å². The molecule has 0 bridgehead atoms. The van der Waals surface area contributed by atoms with E-state index in [0.29, 0.717) is 0 Å². The molecule has 0 radical (unpaired) electrons. The molecule has 2 heterocycles. The molecule has 0 aromatic carbocycles. The van der Waals surface area contributed by atoms with Crippen LogP contribution in [0.3, 0.4) is 0 Å². The lowest BCUT2D eigenvalue weighted by atomic mass is 9.84. The summed E-state index contributed by atoms with van der Waals surface area (Å²) in [6.45, 7) is -0.890. The summed E-state index contributed by atoms with van der Waals surface area (Å²) in [5, 5.41) is 68.7. The lowest BCUT2D eigenvalue weighted by molar-refractivity contribution is -0.352. The van der Waals surface area contributed by atoms with Gasteiger partial charge in [0.1, 0.15) is 12.2 Å². The fraction of sp³-hybridized carbons (Fsp3) is 0.750. The van der Waals surface area contributed by atoms with E-state index in [2.05, 4.69) is 0 Å². The van der Waals surface area contributed by atoms with Crippen LogP contribution in [0.15, 0.2) is 11.5 Å². The smallest absolute Gasteiger partial charge is 0.374 e. The van der Waals surface area contributed by atoms with Crippen molar-refractivity contribution >= 4 is 16.1 Å². The third kappa shape index (κ3) is 3.06. The Morgan fingerprint density at radius 3 is 2.30 bits per heavy atom. The number of aliphatic carboxylic acids is 1. The van der Waals surface area contributed by atoms with E-state index in [9.17, 15) is 48.4 Å². The Balaban J connectivity index is 2.67. The van der Waals surface area contributed by atoms with E-state index in [-0.39, 0.29) is 0 Å². The average molecular weight is 417 g/mol. The van der Waals surface area contributed by atoms with Crippen LogP contribution in [0.2, 0.25) is 0 Å². The van der Waals surface area contributed by atoms with Crippen molar-refractivity contribution in [3.8, 4) is 0 Å².